The number of ether oxygens (including phenoxy) is 2. The molecule has 0 aliphatic carbocycles. The fourth-order valence-electron chi connectivity index (χ4n) is 2.51. The van der Waals surface area contributed by atoms with Crippen LogP contribution in [0.15, 0.2) is 47.5 Å². The third-order valence-electron chi connectivity index (χ3n) is 3.62. The van der Waals surface area contributed by atoms with Gasteiger partial charge in [0.25, 0.3) is 0 Å². The van der Waals surface area contributed by atoms with Gasteiger partial charge in [0.1, 0.15) is 12.4 Å². The maximum Gasteiger partial charge on any atom is 0.172 e. The van der Waals surface area contributed by atoms with Crippen molar-refractivity contribution in [1.82, 2.24) is 5.32 Å². The van der Waals surface area contributed by atoms with Crippen molar-refractivity contribution in [3.05, 3.63) is 58.6 Å². The molecular weight excluding hydrogens is 312 g/mol. The van der Waals surface area contributed by atoms with Crippen molar-refractivity contribution in [2.24, 2.45) is 4.99 Å². The van der Waals surface area contributed by atoms with E-state index in [1.807, 2.05) is 42.5 Å². The lowest BCUT2D eigenvalue weighted by atomic mass is 10.1. The van der Waals surface area contributed by atoms with Crippen molar-refractivity contribution in [2.75, 3.05) is 20.2 Å². The second-order valence-corrected chi connectivity index (χ2v) is 5.70. The minimum atomic E-state index is 0.418. The fourth-order valence-corrected chi connectivity index (χ4v) is 2.72. The van der Waals surface area contributed by atoms with Gasteiger partial charge in [-0.25, -0.2) is 0 Å². The van der Waals surface area contributed by atoms with Crippen molar-refractivity contribution in [3.8, 4) is 11.5 Å². The van der Waals surface area contributed by atoms with Crippen LogP contribution in [0.3, 0.4) is 0 Å². The maximum absolute atomic E-state index is 6.05. The summed E-state index contributed by atoms with van der Waals surface area (Å²) in [5, 5.41) is 4.03. The number of rotatable bonds is 5. The van der Waals surface area contributed by atoms with Gasteiger partial charge in [-0.2, -0.15) is 0 Å². The highest BCUT2D eigenvalue weighted by atomic mass is 35.5. The zero-order valence-electron chi connectivity index (χ0n) is 13.0. The third-order valence-corrected chi connectivity index (χ3v) is 3.86. The lowest BCUT2D eigenvalue weighted by Gasteiger charge is -2.19. The van der Waals surface area contributed by atoms with Gasteiger partial charge < -0.3 is 14.8 Å². The van der Waals surface area contributed by atoms with E-state index in [-0.39, 0.29) is 0 Å². The Kier molecular flexibility index (Phi) is 5.03. The van der Waals surface area contributed by atoms with E-state index in [1.165, 1.54) is 0 Å². The van der Waals surface area contributed by atoms with E-state index in [4.69, 9.17) is 21.1 Å². The van der Waals surface area contributed by atoms with Crippen molar-refractivity contribution >= 4 is 17.4 Å². The molecule has 1 N–H and O–H groups in total. The number of amidine groups is 1. The van der Waals surface area contributed by atoms with Crippen LogP contribution in [0.25, 0.3) is 0 Å². The standard InChI is InChI=1S/C18H19ClN2O2/c1-22-16-8-3-7-15(18-20-9-4-10-21-18)17(16)23-12-13-5-2-6-14(19)11-13/h2-3,5-8,11H,4,9-10,12H2,1H3,(H,20,21). The highest BCUT2D eigenvalue weighted by Gasteiger charge is 2.17. The van der Waals surface area contributed by atoms with Crippen molar-refractivity contribution < 1.29 is 9.47 Å². The maximum atomic E-state index is 6.05. The summed E-state index contributed by atoms with van der Waals surface area (Å²) in [6.45, 7) is 2.16. The Hall–Kier alpha value is -2.20. The van der Waals surface area contributed by atoms with E-state index in [9.17, 15) is 0 Å². The molecule has 4 nitrogen and oxygen atoms in total. The van der Waals surface area contributed by atoms with Gasteiger partial charge in [-0.15, -0.1) is 0 Å². The first-order valence-electron chi connectivity index (χ1n) is 7.61. The number of hydrogen-bond acceptors (Lipinski definition) is 4. The minimum absolute atomic E-state index is 0.418. The fraction of sp³-hybridized carbons (Fsp3) is 0.278. The number of aliphatic imine (C=N–C) groups is 1. The number of nitrogens with one attached hydrogen (secondary N) is 1. The molecule has 0 atom stereocenters. The Morgan fingerprint density at radius 1 is 1.22 bits per heavy atom. The number of halogens is 1. The quantitative estimate of drug-likeness (QED) is 0.909. The Morgan fingerprint density at radius 3 is 2.83 bits per heavy atom. The van der Waals surface area contributed by atoms with Crippen LogP contribution < -0.4 is 14.8 Å². The Morgan fingerprint density at radius 2 is 2.09 bits per heavy atom. The van der Waals surface area contributed by atoms with E-state index in [0.29, 0.717) is 23.1 Å². The van der Waals surface area contributed by atoms with Crippen molar-refractivity contribution in [1.29, 1.82) is 0 Å². The van der Waals surface area contributed by atoms with E-state index in [2.05, 4.69) is 10.3 Å². The van der Waals surface area contributed by atoms with E-state index < -0.39 is 0 Å². The van der Waals surface area contributed by atoms with E-state index in [1.54, 1.807) is 7.11 Å². The number of benzene rings is 2. The first-order valence-corrected chi connectivity index (χ1v) is 7.98. The molecule has 23 heavy (non-hydrogen) atoms. The highest BCUT2D eigenvalue weighted by molar-refractivity contribution is 6.30. The van der Waals surface area contributed by atoms with Crippen LogP contribution in [0, 0.1) is 0 Å². The monoisotopic (exact) mass is 330 g/mol. The lowest BCUT2D eigenvalue weighted by molar-refractivity contribution is 0.284. The number of nitrogens with zero attached hydrogens (tertiary/aromatic N) is 1. The highest BCUT2D eigenvalue weighted by Crippen LogP contribution is 2.32. The number of para-hydroxylation sites is 1. The molecule has 1 heterocycles. The Balaban J connectivity index is 1.88. The summed E-state index contributed by atoms with van der Waals surface area (Å²) in [6, 6.07) is 13.5. The van der Waals surface area contributed by atoms with Crippen LogP contribution >= 0.6 is 11.6 Å². The smallest absolute Gasteiger partial charge is 0.172 e. The van der Waals surface area contributed by atoms with Gasteiger partial charge in [0.2, 0.25) is 0 Å². The van der Waals surface area contributed by atoms with Crippen LogP contribution in [0.4, 0.5) is 0 Å². The molecule has 0 amide bonds. The molecule has 0 spiro atoms. The van der Waals surface area contributed by atoms with E-state index >= 15 is 0 Å². The molecule has 1 aliphatic rings. The average Bonchev–Trinajstić information content (AvgIpc) is 2.60. The number of hydrogen-bond donors (Lipinski definition) is 1. The van der Waals surface area contributed by atoms with Crippen molar-refractivity contribution in [3.63, 3.8) is 0 Å². The molecular formula is C18H19ClN2O2. The molecule has 0 saturated heterocycles. The SMILES string of the molecule is COc1cccc(C2=NCCCN2)c1OCc1cccc(Cl)c1. The van der Waals surface area contributed by atoms with Gasteiger partial charge in [0, 0.05) is 18.1 Å². The third kappa shape index (κ3) is 3.77. The summed E-state index contributed by atoms with van der Waals surface area (Å²) in [5.74, 6) is 2.25. The average molecular weight is 331 g/mol. The zero-order valence-corrected chi connectivity index (χ0v) is 13.8. The summed E-state index contributed by atoms with van der Waals surface area (Å²) in [6.07, 6.45) is 1.05. The second-order valence-electron chi connectivity index (χ2n) is 5.27. The summed E-state index contributed by atoms with van der Waals surface area (Å²) in [7, 11) is 1.64. The molecule has 0 unspecified atom stereocenters. The predicted octanol–water partition coefficient (Wildman–Crippen LogP) is 3.67. The molecule has 0 aromatic heterocycles. The largest absolute Gasteiger partial charge is 0.493 e. The molecule has 5 heteroatoms. The van der Waals surface area contributed by atoms with Gasteiger partial charge in [-0.1, -0.05) is 29.8 Å². The van der Waals surface area contributed by atoms with Crippen LogP contribution in [-0.2, 0) is 6.61 Å². The van der Waals surface area contributed by atoms with Gasteiger partial charge in [0.05, 0.1) is 12.7 Å². The van der Waals surface area contributed by atoms with Gasteiger partial charge in [0.15, 0.2) is 11.5 Å². The molecule has 3 rings (SSSR count). The normalized spacial score (nSPS) is 13.9. The molecule has 2 aromatic carbocycles. The minimum Gasteiger partial charge on any atom is -0.493 e. The molecule has 0 bridgehead atoms. The number of methoxy groups -OCH3 is 1. The predicted molar refractivity (Wildman–Crippen MR) is 92.8 cm³/mol. The van der Waals surface area contributed by atoms with Crippen LogP contribution in [-0.4, -0.2) is 26.0 Å². The molecule has 0 fully saturated rings. The summed E-state index contributed by atoms with van der Waals surface area (Å²) in [4.78, 5) is 4.55. The molecule has 0 radical (unpaired) electrons. The van der Waals surface area contributed by atoms with E-state index in [0.717, 1.165) is 36.5 Å². The van der Waals surface area contributed by atoms with Gasteiger partial charge in [-0.3, -0.25) is 4.99 Å². The first kappa shape index (κ1) is 15.7. The van der Waals surface area contributed by atoms with Crippen LogP contribution in [0.2, 0.25) is 5.02 Å². The van der Waals surface area contributed by atoms with Gasteiger partial charge in [-0.05, 0) is 36.2 Å². The topological polar surface area (TPSA) is 42.8 Å². The molecule has 0 saturated carbocycles. The van der Waals surface area contributed by atoms with Crippen LogP contribution in [0.1, 0.15) is 17.5 Å². The lowest BCUT2D eigenvalue weighted by Crippen LogP contribution is -2.30. The molecule has 120 valence electrons. The first-order chi connectivity index (χ1) is 11.3. The zero-order chi connectivity index (χ0) is 16.1. The van der Waals surface area contributed by atoms with Crippen LogP contribution in [0.5, 0.6) is 11.5 Å². The summed E-state index contributed by atoms with van der Waals surface area (Å²) < 4.78 is 11.5. The van der Waals surface area contributed by atoms with Crippen molar-refractivity contribution in [2.45, 2.75) is 13.0 Å². The Labute approximate surface area is 141 Å². The summed E-state index contributed by atoms with van der Waals surface area (Å²) >= 11 is 6.03. The molecule has 2 aromatic rings. The molecule has 1 aliphatic heterocycles. The Bertz CT molecular complexity index is 716. The summed E-state index contributed by atoms with van der Waals surface area (Å²) in [5.41, 5.74) is 1.93. The second kappa shape index (κ2) is 7.38. The van der Waals surface area contributed by atoms with Gasteiger partial charge >= 0.3 is 0 Å².